The molecule has 0 spiro atoms. The summed E-state index contributed by atoms with van der Waals surface area (Å²) in [6.45, 7) is 3.41. The molecule has 1 nitrogen and oxygen atoms in total. The maximum Gasteiger partial charge on any atom is 0.00722 e. The van der Waals surface area contributed by atoms with E-state index in [9.17, 15) is 0 Å². The van der Waals surface area contributed by atoms with E-state index in [4.69, 9.17) is 0 Å². The van der Waals surface area contributed by atoms with Crippen LogP contribution >= 0.6 is 0 Å². The topological polar surface area (TPSA) is 12.0 Å². The molecule has 2 fully saturated rings. The Kier molecular flexibility index (Phi) is 4.49. The van der Waals surface area contributed by atoms with Crippen molar-refractivity contribution in [1.82, 2.24) is 5.32 Å². The van der Waals surface area contributed by atoms with E-state index in [-0.39, 0.29) is 0 Å². The van der Waals surface area contributed by atoms with Gasteiger partial charge < -0.3 is 5.32 Å². The van der Waals surface area contributed by atoms with Crippen LogP contribution < -0.4 is 5.32 Å². The average molecular weight is 209 g/mol. The molecule has 1 heteroatoms. The molecule has 1 atom stereocenters. The fourth-order valence-electron chi connectivity index (χ4n) is 3.33. The molecular weight excluding hydrogens is 182 g/mol. The Labute approximate surface area is 95.0 Å². The number of hydrogen-bond donors (Lipinski definition) is 1. The van der Waals surface area contributed by atoms with Gasteiger partial charge in [-0.2, -0.15) is 0 Å². The summed E-state index contributed by atoms with van der Waals surface area (Å²) in [5.74, 6) is 2.12. The zero-order chi connectivity index (χ0) is 10.5. The van der Waals surface area contributed by atoms with Gasteiger partial charge in [0.05, 0.1) is 0 Å². The predicted octanol–water partition coefficient (Wildman–Crippen LogP) is 3.74. The number of nitrogens with one attached hydrogen (secondary N) is 1. The Balaban J connectivity index is 1.70. The standard InChI is InChI=1S/C14H27N/c1-2-15-14(11-13-8-5-9-13)10-12-6-3-4-7-12/h12-15H,2-11H2,1H3. The highest BCUT2D eigenvalue weighted by Gasteiger charge is 2.24. The van der Waals surface area contributed by atoms with Crippen molar-refractivity contribution in [2.24, 2.45) is 11.8 Å². The van der Waals surface area contributed by atoms with Crippen molar-refractivity contribution in [3.8, 4) is 0 Å². The van der Waals surface area contributed by atoms with Gasteiger partial charge >= 0.3 is 0 Å². The van der Waals surface area contributed by atoms with Crippen LogP contribution in [0.1, 0.15) is 64.7 Å². The summed E-state index contributed by atoms with van der Waals surface area (Å²) in [6.07, 6.45) is 13.4. The molecule has 0 aromatic heterocycles. The first-order valence-electron chi connectivity index (χ1n) is 7.12. The van der Waals surface area contributed by atoms with Gasteiger partial charge in [-0.3, -0.25) is 0 Å². The first-order valence-corrected chi connectivity index (χ1v) is 7.12. The summed E-state index contributed by atoms with van der Waals surface area (Å²) >= 11 is 0. The molecule has 1 N–H and O–H groups in total. The van der Waals surface area contributed by atoms with Crippen molar-refractivity contribution in [1.29, 1.82) is 0 Å². The Morgan fingerprint density at radius 1 is 0.933 bits per heavy atom. The molecule has 0 amide bonds. The second-order valence-electron chi connectivity index (χ2n) is 5.67. The highest BCUT2D eigenvalue weighted by molar-refractivity contribution is 4.80. The van der Waals surface area contributed by atoms with Gasteiger partial charge in [-0.1, -0.05) is 51.9 Å². The smallest absolute Gasteiger partial charge is 0.00722 e. The molecule has 1 unspecified atom stereocenters. The fraction of sp³-hybridized carbons (Fsp3) is 1.00. The van der Waals surface area contributed by atoms with Crippen molar-refractivity contribution in [3.63, 3.8) is 0 Å². The molecule has 88 valence electrons. The van der Waals surface area contributed by atoms with E-state index in [0.717, 1.165) is 24.4 Å². The minimum absolute atomic E-state index is 0.836. The van der Waals surface area contributed by atoms with E-state index in [1.165, 1.54) is 57.8 Å². The van der Waals surface area contributed by atoms with E-state index >= 15 is 0 Å². The van der Waals surface area contributed by atoms with Crippen molar-refractivity contribution >= 4 is 0 Å². The van der Waals surface area contributed by atoms with Gasteiger partial charge in [0.25, 0.3) is 0 Å². The zero-order valence-electron chi connectivity index (χ0n) is 10.3. The maximum atomic E-state index is 3.71. The van der Waals surface area contributed by atoms with Gasteiger partial charge in [-0.05, 0) is 31.2 Å². The molecule has 0 saturated heterocycles. The quantitative estimate of drug-likeness (QED) is 0.703. The maximum absolute atomic E-state index is 3.71. The van der Waals surface area contributed by atoms with Crippen LogP contribution in [0, 0.1) is 11.8 Å². The SMILES string of the molecule is CCNC(CC1CCCC1)CC1CCC1. The molecule has 0 aromatic carbocycles. The second-order valence-corrected chi connectivity index (χ2v) is 5.67. The molecule has 2 aliphatic rings. The van der Waals surface area contributed by atoms with Crippen molar-refractivity contribution in [3.05, 3.63) is 0 Å². The van der Waals surface area contributed by atoms with Crippen molar-refractivity contribution in [2.75, 3.05) is 6.54 Å². The van der Waals surface area contributed by atoms with E-state index in [1.807, 2.05) is 0 Å². The minimum atomic E-state index is 0.836. The Bertz CT molecular complexity index is 168. The lowest BCUT2D eigenvalue weighted by atomic mass is 9.79. The largest absolute Gasteiger partial charge is 0.314 e. The summed E-state index contributed by atoms with van der Waals surface area (Å²) in [4.78, 5) is 0. The second kappa shape index (κ2) is 5.89. The first-order chi connectivity index (χ1) is 7.38. The number of hydrogen-bond acceptors (Lipinski definition) is 1. The molecule has 0 aromatic rings. The molecule has 0 aliphatic heterocycles. The lowest BCUT2D eigenvalue weighted by molar-refractivity contribution is 0.241. The van der Waals surface area contributed by atoms with Crippen LogP contribution in [0.25, 0.3) is 0 Å². The number of rotatable bonds is 6. The molecule has 0 radical (unpaired) electrons. The molecule has 2 saturated carbocycles. The van der Waals surface area contributed by atoms with Crippen molar-refractivity contribution < 1.29 is 0 Å². The molecule has 0 bridgehead atoms. The summed E-state index contributed by atoms with van der Waals surface area (Å²) < 4.78 is 0. The van der Waals surface area contributed by atoms with Crippen LogP contribution in [-0.4, -0.2) is 12.6 Å². The van der Waals surface area contributed by atoms with Gasteiger partial charge in [-0.15, -0.1) is 0 Å². The van der Waals surface area contributed by atoms with Crippen LogP contribution in [0.2, 0.25) is 0 Å². The third-order valence-electron chi connectivity index (χ3n) is 4.43. The van der Waals surface area contributed by atoms with Crippen molar-refractivity contribution in [2.45, 2.75) is 70.8 Å². The molecule has 15 heavy (non-hydrogen) atoms. The van der Waals surface area contributed by atoms with Gasteiger partial charge in [0.2, 0.25) is 0 Å². The lowest BCUT2D eigenvalue weighted by Crippen LogP contribution is -2.34. The van der Waals surface area contributed by atoms with E-state index in [1.54, 1.807) is 0 Å². The molecule has 2 aliphatic carbocycles. The minimum Gasteiger partial charge on any atom is -0.314 e. The lowest BCUT2D eigenvalue weighted by Gasteiger charge is -2.31. The average Bonchev–Trinajstić information content (AvgIpc) is 2.64. The summed E-state index contributed by atoms with van der Waals surface area (Å²) in [5.41, 5.74) is 0. The predicted molar refractivity (Wildman–Crippen MR) is 66.0 cm³/mol. The molecule has 0 heterocycles. The summed E-state index contributed by atoms with van der Waals surface area (Å²) in [7, 11) is 0. The fourth-order valence-corrected chi connectivity index (χ4v) is 3.33. The van der Waals surface area contributed by atoms with Crippen LogP contribution in [0.15, 0.2) is 0 Å². The zero-order valence-corrected chi connectivity index (χ0v) is 10.3. The first kappa shape index (κ1) is 11.4. The van der Waals surface area contributed by atoms with Gasteiger partial charge in [0, 0.05) is 6.04 Å². The third-order valence-corrected chi connectivity index (χ3v) is 4.43. The summed E-state index contributed by atoms with van der Waals surface area (Å²) in [5, 5.41) is 3.71. The van der Waals surface area contributed by atoms with Crippen LogP contribution in [-0.2, 0) is 0 Å². The Hall–Kier alpha value is -0.0400. The third kappa shape index (κ3) is 3.48. The highest BCUT2D eigenvalue weighted by Crippen LogP contribution is 2.34. The van der Waals surface area contributed by atoms with E-state index in [2.05, 4.69) is 12.2 Å². The highest BCUT2D eigenvalue weighted by atomic mass is 14.9. The van der Waals surface area contributed by atoms with Gasteiger partial charge in [0.15, 0.2) is 0 Å². The van der Waals surface area contributed by atoms with E-state index in [0.29, 0.717) is 0 Å². The monoisotopic (exact) mass is 209 g/mol. The summed E-state index contributed by atoms with van der Waals surface area (Å²) in [6, 6.07) is 0.836. The van der Waals surface area contributed by atoms with Crippen LogP contribution in [0.3, 0.4) is 0 Å². The molecule has 2 rings (SSSR count). The molecular formula is C14H27N. The van der Waals surface area contributed by atoms with E-state index < -0.39 is 0 Å². The van der Waals surface area contributed by atoms with Crippen LogP contribution in [0.5, 0.6) is 0 Å². The Morgan fingerprint density at radius 2 is 1.47 bits per heavy atom. The van der Waals surface area contributed by atoms with Gasteiger partial charge in [-0.25, -0.2) is 0 Å². The van der Waals surface area contributed by atoms with Crippen LogP contribution in [0.4, 0.5) is 0 Å². The van der Waals surface area contributed by atoms with Gasteiger partial charge in [0.1, 0.15) is 0 Å². The Morgan fingerprint density at radius 3 is 1.87 bits per heavy atom. The normalized spacial score (nSPS) is 25.4.